The Morgan fingerprint density at radius 2 is 2.00 bits per heavy atom. The summed E-state index contributed by atoms with van der Waals surface area (Å²) in [4.78, 5) is 6.37. The summed E-state index contributed by atoms with van der Waals surface area (Å²) in [6.07, 6.45) is 3.25. The molecule has 1 aliphatic heterocycles. The summed E-state index contributed by atoms with van der Waals surface area (Å²) in [5.74, 6) is 0.592. The molecule has 3 rings (SSSR count). The zero-order valence-corrected chi connectivity index (χ0v) is 12.3. The van der Waals surface area contributed by atoms with Gasteiger partial charge < -0.3 is 5.73 Å². The van der Waals surface area contributed by atoms with Gasteiger partial charge in [-0.25, -0.2) is 9.67 Å². The van der Waals surface area contributed by atoms with Gasteiger partial charge in [0.25, 0.3) is 0 Å². The first-order valence-corrected chi connectivity index (χ1v) is 6.64. The number of hydrogen-bond acceptors (Lipinski definition) is 4. The molecule has 2 heterocycles. The average molecular weight is 294 g/mol. The predicted molar refractivity (Wildman–Crippen MR) is 81.0 cm³/mol. The molecule has 0 saturated carbocycles. The maximum absolute atomic E-state index is 6.05. The molecule has 1 aromatic carbocycles. The van der Waals surface area contributed by atoms with Gasteiger partial charge >= 0.3 is 0 Å². The van der Waals surface area contributed by atoms with Crippen molar-refractivity contribution in [1.82, 2.24) is 19.7 Å². The van der Waals surface area contributed by atoms with Gasteiger partial charge in [0.05, 0.1) is 5.69 Å². The molecule has 0 bridgehead atoms. The summed E-state index contributed by atoms with van der Waals surface area (Å²) in [5, 5.41) is 4.12. The maximum Gasteiger partial charge on any atom is 0.138 e. The zero-order chi connectivity index (χ0) is 13.2. The van der Waals surface area contributed by atoms with Gasteiger partial charge in [-0.05, 0) is 23.6 Å². The lowest BCUT2D eigenvalue weighted by atomic mass is 10.1. The van der Waals surface area contributed by atoms with E-state index in [9.17, 15) is 0 Å². The Hall–Kier alpha value is -1.43. The van der Waals surface area contributed by atoms with Crippen LogP contribution in [0.1, 0.15) is 12.5 Å². The summed E-state index contributed by atoms with van der Waals surface area (Å²) >= 11 is 0. The van der Waals surface area contributed by atoms with E-state index >= 15 is 0 Å². The first kappa shape index (κ1) is 15.0. The van der Waals surface area contributed by atoms with Crippen LogP contribution in [0.3, 0.4) is 0 Å². The SMILES string of the molecule is CC1CN(Cc2ccc(-n3cncn3)cc2)CC1N.Cl. The van der Waals surface area contributed by atoms with Gasteiger partial charge in [-0.3, -0.25) is 4.90 Å². The van der Waals surface area contributed by atoms with Crippen LogP contribution in [-0.2, 0) is 6.54 Å². The maximum atomic E-state index is 6.05. The summed E-state index contributed by atoms with van der Waals surface area (Å²) in [5.41, 5.74) is 8.40. The molecule has 1 aliphatic rings. The Balaban J connectivity index is 0.00000147. The van der Waals surface area contributed by atoms with Crippen molar-refractivity contribution < 1.29 is 0 Å². The molecule has 2 aromatic rings. The number of nitrogens with two attached hydrogens (primary N) is 1. The first-order valence-electron chi connectivity index (χ1n) is 6.64. The Kier molecular flexibility index (Phi) is 4.75. The largest absolute Gasteiger partial charge is 0.326 e. The van der Waals surface area contributed by atoms with Crippen molar-refractivity contribution in [3.05, 3.63) is 42.5 Å². The fourth-order valence-corrected chi connectivity index (χ4v) is 2.58. The van der Waals surface area contributed by atoms with Crippen molar-refractivity contribution >= 4 is 12.4 Å². The minimum Gasteiger partial charge on any atom is -0.326 e. The molecular formula is C14H20ClN5. The Morgan fingerprint density at radius 1 is 1.25 bits per heavy atom. The Morgan fingerprint density at radius 3 is 2.55 bits per heavy atom. The van der Waals surface area contributed by atoms with Crippen molar-refractivity contribution in [3.63, 3.8) is 0 Å². The molecule has 0 radical (unpaired) electrons. The van der Waals surface area contributed by atoms with Crippen molar-refractivity contribution in [2.75, 3.05) is 13.1 Å². The minimum absolute atomic E-state index is 0. The first-order chi connectivity index (χ1) is 9.22. The smallest absolute Gasteiger partial charge is 0.138 e. The molecule has 2 N–H and O–H groups in total. The van der Waals surface area contributed by atoms with Gasteiger partial charge in [-0.2, -0.15) is 5.10 Å². The molecule has 1 fully saturated rings. The van der Waals surface area contributed by atoms with Crippen LogP contribution in [0.15, 0.2) is 36.9 Å². The van der Waals surface area contributed by atoms with Crippen LogP contribution in [0.5, 0.6) is 0 Å². The minimum atomic E-state index is 0. The third-order valence-electron chi connectivity index (χ3n) is 3.77. The number of nitrogens with zero attached hydrogens (tertiary/aromatic N) is 4. The van der Waals surface area contributed by atoms with Gasteiger partial charge in [0.2, 0.25) is 0 Å². The van der Waals surface area contributed by atoms with Crippen LogP contribution in [-0.4, -0.2) is 38.8 Å². The van der Waals surface area contributed by atoms with E-state index in [0.717, 1.165) is 25.3 Å². The van der Waals surface area contributed by atoms with Gasteiger partial charge in [0, 0.05) is 25.7 Å². The molecule has 6 heteroatoms. The van der Waals surface area contributed by atoms with Crippen LogP contribution >= 0.6 is 12.4 Å². The van der Waals surface area contributed by atoms with E-state index in [1.54, 1.807) is 17.3 Å². The number of aromatic nitrogens is 3. The van der Waals surface area contributed by atoms with Gasteiger partial charge in [0.1, 0.15) is 12.7 Å². The quantitative estimate of drug-likeness (QED) is 0.931. The van der Waals surface area contributed by atoms with Crippen LogP contribution in [0.25, 0.3) is 5.69 Å². The second kappa shape index (κ2) is 6.35. The lowest BCUT2D eigenvalue weighted by molar-refractivity contribution is 0.319. The fraction of sp³-hybridized carbons (Fsp3) is 0.429. The molecule has 0 spiro atoms. The molecule has 108 valence electrons. The summed E-state index contributed by atoms with van der Waals surface area (Å²) in [6.45, 7) is 5.27. The monoisotopic (exact) mass is 293 g/mol. The van der Waals surface area contributed by atoms with E-state index in [1.165, 1.54) is 5.56 Å². The van der Waals surface area contributed by atoms with E-state index in [-0.39, 0.29) is 12.4 Å². The van der Waals surface area contributed by atoms with Crippen LogP contribution in [0.4, 0.5) is 0 Å². The predicted octanol–water partition coefficient (Wildman–Crippen LogP) is 1.47. The van der Waals surface area contributed by atoms with Crippen molar-refractivity contribution in [2.24, 2.45) is 11.7 Å². The molecule has 0 aliphatic carbocycles. The Bertz CT molecular complexity index is 515. The van der Waals surface area contributed by atoms with E-state index < -0.39 is 0 Å². The standard InChI is InChI=1S/C14H19N5.ClH/c1-11-6-18(8-14(11)15)7-12-2-4-13(5-3-12)19-10-16-9-17-19;/h2-5,9-11,14H,6-8,15H2,1H3;1H. The normalized spacial score (nSPS) is 22.7. The average Bonchev–Trinajstić information content (AvgIpc) is 3.02. The highest BCUT2D eigenvalue weighted by Gasteiger charge is 2.26. The van der Waals surface area contributed by atoms with E-state index in [4.69, 9.17) is 5.73 Å². The fourth-order valence-electron chi connectivity index (χ4n) is 2.58. The number of halogens is 1. The summed E-state index contributed by atoms with van der Waals surface area (Å²) in [7, 11) is 0. The summed E-state index contributed by atoms with van der Waals surface area (Å²) < 4.78 is 1.76. The number of rotatable bonds is 3. The van der Waals surface area contributed by atoms with E-state index in [2.05, 4.69) is 46.2 Å². The van der Waals surface area contributed by atoms with Crippen LogP contribution in [0.2, 0.25) is 0 Å². The lowest BCUT2D eigenvalue weighted by Gasteiger charge is -2.15. The molecular weight excluding hydrogens is 274 g/mol. The molecule has 2 unspecified atom stereocenters. The molecule has 1 aromatic heterocycles. The second-order valence-electron chi connectivity index (χ2n) is 5.34. The highest BCUT2D eigenvalue weighted by Crippen LogP contribution is 2.18. The van der Waals surface area contributed by atoms with Gasteiger partial charge in [0.15, 0.2) is 0 Å². The Labute approximate surface area is 125 Å². The van der Waals surface area contributed by atoms with Gasteiger partial charge in [-0.1, -0.05) is 19.1 Å². The van der Waals surface area contributed by atoms with Crippen molar-refractivity contribution in [2.45, 2.75) is 19.5 Å². The second-order valence-corrected chi connectivity index (χ2v) is 5.34. The van der Waals surface area contributed by atoms with Crippen LogP contribution < -0.4 is 5.73 Å². The van der Waals surface area contributed by atoms with Gasteiger partial charge in [-0.15, -0.1) is 12.4 Å². The zero-order valence-electron chi connectivity index (χ0n) is 11.5. The lowest BCUT2D eigenvalue weighted by Crippen LogP contribution is -2.28. The van der Waals surface area contributed by atoms with E-state index in [1.807, 2.05) is 0 Å². The molecule has 5 nitrogen and oxygen atoms in total. The number of benzene rings is 1. The molecule has 2 atom stereocenters. The van der Waals surface area contributed by atoms with E-state index in [0.29, 0.717) is 12.0 Å². The molecule has 20 heavy (non-hydrogen) atoms. The third-order valence-corrected chi connectivity index (χ3v) is 3.77. The molecule has 0 amide bonds. The third kappa shape index (κ3) is 3.17. The van der Waals surface area contributed by atoms with Crippen molar-refractivity contribution in [3.8, 4) is 5.69 Å². The highest BCUT2D eigenvalue weighted by molar-refractivity contribution is 5.85. The number of likely N-dealkylation sites (tertiary alicyclic amines) is 1. The topological polar surface area (TPSA) is 60.0 Å². The summed E-state index contributed by atoms with van der Waals surface area (Å²) in [6, 6.07) is 8.75. The number of hydrogen-bond donors (Lipinski definition) is 1. The molecule has 1 saturated heterocycles. The van der Waals surface area contributed by atoms with Crippen LogP contribution in [0, 0.1) is 5.92 Å². The highest BCUT2D eigenvalue weighted by atomic mass is 35.5. The van der Waals surface area contributed by atoms with Crippen molar-refractivity contribution in [1.29, 1.82) is 0 Å².